The second kappa shape index (κ2) is 7.33. The van der Waals surface area contributed by atoms with Crippen LogP contribution in [-0.2, 0) is 0 Å². The third-order valence-electron chi connectivity index (χ3n) is 2.46. The first-order valence-electron chi connectivity index (χ1n) is 5.96. The van der Waals surface area contributed by atoms with Crippen LogP contribution in [0.3, 0.4) is 0 Å². The van der Waals surface area contributed by atoms with Crippen LogP contribution in [0, 0.1) is 5.92 Å². The van der Waals surface area contributed by atoms with Crippen molar-refractivity contribution >= 4 is 23.5 Å². The minimum Gasteiger partial charge on any atom is -0.396 e. The number of hydrogen-bond acceptors (Lipinski definition) is 6. The highest BCUT2D eigenvalue weighted by Gasteiger charge is 2.06. The normalized spacial score (nSPS) is 12.3. The highest BCUT2D eigenvalue weighted by atomic mass is 35.5. The zero-order valence-electron chi connectivity index (χ0n) is 11.0. The molecule has 1 aromatic heterocycles. The van der Waals surface area contributed by atoms with Gasteiger partial charge in [-0.1, -0.05) is 6.92 Å². The van der Waals surface area contributed by atoms with Gasteiger partial charge in [-0.25, -0.2) is 0 Å². The Kier molecular flexibility index (Phi) is 6.07. The van der Waals surface area contributed by atoms with E-state index < -0.39 is 0 Å². The maximum atomic E-state index is 8.91. The molecule has 7 heteroatoms. The summed E-state index contributed by atoms with van der Waals surface area (Å²) in [6.45, 7) is 2.99. The first-order chi connectivity index (χ1) is 8.52. The summed E-state index contributed by atoms with van der Waals surface area (Å²) >= 11 is 5.82. The van der Waals surface area contributed by atoms with Crippen molar-refractivity contribution in [1.29, 1.82) is 0 Å². The topological polar surface area (TPSA) is 74.2 Å². The van der Waals surface area contributed by atoms with Gasteiger partial charge in [0, 0.05) is 27.2 Å². The zero-order chi connectivity index (χ0) is 13.5. The first kappa shape index (κ1) is 14.9. The van der Waals surface area contributed by atoms with Crippen molar-refractivity contribution in [3.8, 4) is 0 Å². The summed E-state index contributed by atoms with van der Waals surface area (Å²) < 4.78 is 0. The lowest BCUT2D eigenvalue weighted by Crippen LogP contribution is -2.16. The van der Waals surface area contributed by atoms with Crippen LogP contribution in [0.5, 0.6) is 0 Å². The van der Waals surface area contributed by atoms with Crippen LogP contribution in [0.1, 0.15) is 19.8 Å². The predicted molar refractivity (Wildman–Crippen MR) is 73.1 cm³/mol. The van der Waals surface area contributed by atoms with Gasteiger partial charge in [-0.3, -0.25) is 0 Å². The molecular formula is C11H20ClN5O. The quantitative estimate of drug-likeness (QED) is 0.732. The standard InChI is InChI=1S/C11H20ClN5O/c1-8(7-18)5-4-6-13-10-14-9(12)15-11(16-10)17(2)3/h8,18H,4-7H2,1-3H3,(H,13,14,15,16). The lowest BCUT2D eigenvalue weighted by atomic mass is 10.1. The number of anilines is 2. The van der Waals surface area contributed by atoms with Gasteiger partial charge >= 0.3 is 0 Å². The third-order valence-corrected chi connectivity index (χ3v) is 2.63. The Bertz CT molecular complexity index is 374. The van der Waals surface area contributed by atoms with Crippen LogP contribution >= 0.6 is 11.6 Å². The highest BCUT2D eigenvalue weighted by molar-refractivity contribution is 6.28. The Labute approximate surface area is 112 Å². The van der Waals surface area contributed by atoms with Gasteiger partial charge in [0.1, 0.15) is 0 Å². The van der Waals surface area contributed by atoms with Gasteiger partial charge in [-0.05, 0) is 30.4 Å². The number of aliphatic hydroxyl groups excluding tert-OH is 1. The van der Waals surface area contributed by atoms with Crippen molar-refractivity contribution in [2.45, 2.75) is 19.8 Å². The van der Waals surface area contributed by atoms with E-state index in [-0.39, 0.29) is 11.9 Å². The van der Waals surface area contributed by atoms with Crippen molar-refractivity contribution in [3.63, 3.8) is 0 Å². The Hall–Kier alpha value is -1.14. The number of aliphatic hydroxyl groups is 1. The molecule has 1 rings (SSSR count). The van der Waals surface area contributed by atoms with Gasteiger partial charge in [0.15, 0.2) is 0 Å². The summed E-state index contributed by atoms with van der Waals surface area (Å²) in [6, 6.07) is 0. The van der Waals surface area contributed by atoms with Gasteiger partial charge in [0.2, 0.25) is 17.2 Å². The molecule has 0 aliphatic rings. The fraction of sp³-hybridized carbons (Fsp3) is 0.727. The van der Waals surface area contributed by atoms with Gasteiger partial charge in [-0.2, -0.15) is 15.0 Å². The molecule has 102 valence electrons. The van der Waals surface area contributed by atoms with E-state index in [9.17, 15) is 0 Å². The second-order valence-corrected chi connectivity index (χ2v) is 4.82. The van der Waals surface area contributed by atoms with Crippen molar-refractivity contribution < 1.29 is 5.11 Å². The molecule has 0 radical (unpaired) electrons. The Balaban J connectivity index is 2.47. The molecule has 1 atom stereocenters. The molecule has 0 aromatic carbocycles. The van der Waals surface area contributed by atoms with E-state index in [1.807, 2.05) is 21.0 Å². The molecule has 0 fully saturated rings. The summed E-state index contributed by atoms with van der Waals surface area (Å²) in [5, 5.41) is 12.2. The van der Waals surface area contributed by atoms with E-state index in [1.165, 1.54) is 0 Å². The average Bonchev–Trinajstić information content (AvgIpc) is 2.33. The fourth-order valence-corrected chi connectivity index (χ4v) is 1.52. The Morgan fingerprint density at radius 1 is 1.33 bits per heavy atom. The first-order valence-corrected chi connectivity index (χ1v) is 6.34. The van der Waals surface area contributed by atoms with Gasteiger partial charge in [0.05, 0.1) is 0 Å². The summed E-state index contributed by atoms with van der Waals surface area (Å²) in [6.07, 6.45) is 1.91. The molecule has 0 saturated heterocycles. The van der Waals surface area contributed by atoms with Crippen LogP contribution in [0.4, 0.5) is 11.9 Å². The van der Waals surface area contributed by atoms with E-state index >= 15 is 0 Å². The Morgan fingerprint density at radius 3 is 2.67 bits per heavy atom. The van der Waals surface area contributed by atoms with E-state index in [1.54, 1.807) is 4.90 Å². The van der Waals surface area contributed by atoms with E-state index in [2.05, 4.69) is 20.3 Å². The summed E-state index contributed by atoms with van der Waals surface area (Å²) in [7, 11) is 3.69. The molecule has 0 spiro atoms. The maximum Gasteiger partial charge on any atom is 0.230 e. The summed E-state index contributed by atoms with van der Waals surface area (Å²) in [4.78, 5) is 14.0. The monoisotopic (exact) mass is 273 g/mol. The van der Waals surface area contributed by atoms with Crippen LogP contribution in [0.15, 0.2) is 0 Å². The van der Waals surface area contributed by atoms with E-state index in [0.29, 0.717) is 17.8 Å². The number of halogens is 1. The third kappa shape index (κ3) is 5.01. The van der Waals surface area contributed by atoms with Crippen LogP contribution < -0.4 is 10.2 Å². The molecule has 0 aliphatic heterocycles. The second-order valence-electron chi connectivity index (χ2n) is 4.48. The highest BCUT2D eigenvalue weighted by Crippen LogP contribution is 2.12. The fourth-order valence-electron chi connectivity index (χ4n) is 1.36. The molecule has 1 aromatic rings. The lowest BCUT2D eigenvalue weighted by Gasteiger charge is -2.12. The van der Waals surface area contributed by atoms with Crippen LogP contribution in [0.25, 0.3) is 0 Å². The van der Waals surface area contributed by atoms with Gasteiger partial charge in [0.25, 0.3) is 0 Å². The lowest BCUT2D eigenvalue weighted by molar-refractivity contribution is 0.229. The molecule has 18 heavy (non-hydrogen) atoms. The minimum atomic E-state index is 0.180. The van der Waals surface area contributed by atoms with Gasteiger partial charge in [-0.15, -0.1) is 0 Å². The molecule has 1 unspecified atom stereocenters. The number of rotatable bonds is 7. The molecule has 6 nitrogen and oxygen atoms in total. The maximum absolute atomic E-state index is 8.91. The number of nitrogens with one attached hydrogen (secondary N) is 1. The van der Waals surface area contributed by atoms with Crippen LogP contribution in [-0.4, -0.2) is 47.3 Å². The molecule has 0 bridgehead atoms. The van der Waals surface area contributed by atoms with E-state index in [0.717, 1.165) is 19.4 Å². The average molecular weight is 274 g/mol. The minimum absolute atomic E-state index is 0.180. The van der Waals surface area contributed by atoms with Gasteiger partial charge < -0.3 is 15.3 Å². The SMILES string of the molecule is CC(CO)CCCNc1nc(Cl)nc(N(C)C)n1. The number of hydrogen-bond donors (Lipinski definition) is 2. The summed E-state index contributed by atoms with van der Waals surface area (Å²) in [5.41, 5.74) is 0. The van der Waals surface area contributed by atoms with Crippen molar-refractivity contribution in [3.05, 3.63) is 5.28 Å². The molecule has 0 saturated carbocycles. The summed E-state index contributed by atoms with van der Waals surface area (Å²) in [5.74, 6) is 1.34. The molecular weight excluding hydrogens is 254 g/mol. The van der Waals surface area contributed by atoms with Crippen molar-refractivity contribution in [2.24, 2.45) is 5.92 Å². The number of aromatic nitrogens is 3. The van der Waals surface area contributed by atoms with E-state index in [4.69, 9.17) is 16.7 Å². The van der Waals surface area contributed by atoms with Crippen molar-refractivity contribution in [2.75, 3.05) is 37.5 Å². The molecule has 0 aliphatic carbocycles. The van der Waals surface area contributed by atoms with Crippen molar-refractivity contribution in [1.82, 2.24) is 15.0 Å². The predicted octanol–water partition coefficient (Wildman–Crippen LogP) is 1.41. The molecule has 0 amide bonds. The molecule has 2 N–H and O–H groups in total. The number of nitrogens with zero attached hydrogens (tertiary/aromatic N) is 4. The Morgan fingerprint density at radius 2 is 2.06 bits per heavy atom. The van der Waals surface area contributed by atoms with Crippen LogP contribution in [0.2, 0.25) is 5.28 Å². The largest absolute Gasteiger partial charge is 0.396 e. The molecule has 1 heterocycles. The zero-order valence-corrected chi connectivity index (χ0v) is 11.8. The smallest absolute Gasteiger partial charge is 0.230 e.